The molecule has 106 valence electrons. The molecule has 19 heavy (non-hydrogen) atoms. The van der Waals surface area contributed by atoms with Crippen LogP contribution < -0.4 is 0 Å². The minimum Gasteiger partial charge on any atom is -0.481 e. The molecule has 5 heteroatoms. The average molecular weight is 265 g/mol. The molecule has 1 atom stereocenters. The zero-order valence-corrected chi connectivity index (χ0v) is 12.0. The van der Waals surface area contributed by atoms with Gasteiger partial charge >= 0.3 is 5.97 Å². The lowest BCUT2D eigenvalue weighted by Crippen LogP contribution is -2.27. The van der Waals surface area contributed by atoms with Gasteiger partial charge in [-0.1, -0.05) is 26.0 Å². The molecule has 0 saturated heterocycles. The van der Waals surface area contributed by atoms with E-state index in [0.717, 1.165) is 18.5 Å². The van der Waals surface area contributed by atoms with Crippen molar-refractivity contribution in [2.24, 2.45) is 11.3 Å². The van der Waals surface area contributed by atoms with E-state index in [9.17, 15) is 4.79 Å². The molecule has 0 radical (unpaired) electrons. The highest BCUT2D eigenvalue weighted by Gasteiger charge is 2.31. The van der Waals surface area contributed by atoms with E-state index in [1.54, 1.807) is 0 Å². The molecule has 0 amide bonds. The third-order valence-corrected chi connectivity index (χ3v) is 4.07. The maximum Gasteiger partial charge on any atom is 0.303 e. The van der Waals surface area contributed by atoms with E-state index in [1.165, 1.54) is 12.1 Å². The lowest BCUT2D eigenvalue weighted by atomic mass is 9.73. The molecule has 1 N–H and O–H groups in total. The Kier molecular flexibility index (Phi) is 3.92. The van der Waals surface area contributed by atoms with Crippen LogP contribution in [-0.2, 0) is 24.2 Å². The van der Waals surface area contributed by atoms with E-state index >= 15 is 0 Å². The molecule has 0 bridgehead atoms. The molecule has 1 aromatic rings. The van der Waals surface area contributed by atoms with E-state index in [0.29, 0.717) is 24.3 Å². The van der Waals surface area contributed by atoms with E-state index in [-0.39, 0.29) is 6.42 Å². The molecular formula is C14H23N3O2. The molecule has 0 aromatic carbocycles. The summed E-state index contributed by atoms with van der Waals surface area (Å²) in [5.74, 6) is -0.0917. The Balaban J connectivity index is 2.01. The SMILES string of the molecule is CC(C)(C)C1CCc2c(nnn2CCCC(=O)O)C1. The van der Waals surface area contributed by atoms with E-state index in [4.69, 9.17) is 5.11 Å². The first-order valence-electron chi connectivity index (χ1n) is 7.01. The second kappa shape index (κ2) is 5.31. The molecule has 5 nitrogen and oxygen atoms in total. The topological polar surface area (TPSA) is 68.0 Å². The fourth-order valence-corrected chi connectivity index (χ4v) is 2.75. The van der Waals surface area contributed by atoms with Crippen molar-refractivity contribution >= 4 is 5.97 Å². The number of hydrogen-bond acceptors (Lipinski definition) is 3. The summed E-state index contributed by atoms with van der Waals surface area (Å²) < 4.78 is 1.90. The fraction of sp³-hybridized carbons (Fsp3) is 0.786. The molecule has 2 rings (SSSR count). The maximum atomic E-state index is 10.5. The summed E-state index contributed by atoms with van der Waals surface area (Å²) in [4.78, 5) is 10.5. The largest absolute Gasteiger partial charge is 0.481 e. The number of aliphatic carboxylic acids is 1. The molecule has 1 aliphatic rings. The van der Waals surface area contributed by atoms with Crippen molar-refractivity contribution in [2.75, 3.05) is 0 Å². The number of rotatable bonds is 4. The number of aromatic nitrogens is 3. The van der Waals surface area contributed by atoms with Gasteiger partial charge in [0.2, 0.25) is 0 Å². The fourth-order valence-electron chi connectivity index (χ4n) is 2.75. The van der Waals surface area contributed by atoms with Crippen molar-refractivity contribution in [3.63, 3.8) is 0 Å². The molecule has 1 heterocycles. The van der Waals surface area contributed by atoms with Gasteiger partial charge < -0.3 is 5.11 Å². The molecule has 0 aliphatic heterocycles. The van der Waals surface area contributed by atoms with Gasteiger partial charge in [-0.25, -0.2) is 4.68 Å². The summed E-state index contributed by atoms with van der Waals surface area (Å²) in [6.45, 7) is 7.49. The van der Waals surface area contributed by atoms with Gasteiger partial charge in [-0.3, -0.25) is 4.79 Å². The van der Waals surface area contributed by atoms with Gasteiger partial charge in [0.15, 0.2) is 0 Å². The predicted molar refractivity (Wildman–Crippen MR) is 71.9 cm³/mol. The number of carboxylic acid groups (broad SMARTS) is 1. The number of fused-ring (bicyclic) bond motifs is 1. The first kappa shape index (κ1) is 14.0. The minimum absolute atomic E-state index is 0.194. The summed E-state index contributed by atoms with van der Waals surface area (Å²) in [5.41, 5.74) is 2.64. The Morgan fingerprint density at radius 3 is 2.84 bits per heavy atom. The van der Waals surface area contributed by atoms with Crippen LogP contribution in [0.2, 0.25) is 0 Å². The van der Waals surface area contributed by atoms with Gasteiger partial charge in [-0.05, 0) is 37.0 Å². The van der Waals surface area contributed by atoms with Crippen LogP contribution in [0.1, 0.15) is 51.4 Å². The Bertz CT molecular complexity index is 460. The maximum absolute atomic E-state index is 10.5. The van der Waals surface area contributed by atoms with Crippen LogP contribution in [0, 0.1) is 11.3 Å². The smallest absolute Gasteiger partial charge is 0.303 e. The Labute approximate surface area is 114 Å². The van der Waals surface area contributed by atoms with Crippen molar-refractivity contribution < 1.29 is 9.90 Å². The van der Waals surface area contributed by atoms with Crippen LogP contribution >= 0.6 is 0 Å². The second-order valence-corrected chi connectivity index (χ2v) is 6.51. The number of nitrogens with zero attached hydrogens (tertiary/aromatic N) is 3. The first-order chi connectivity index (χ1) is 8.88. The first-order valence-corrected chi connectivity index (χ1v) is 7.01. The van der Waals surface area contributed by atoms with E-state index < -0.39 is 5.97 Å². The highest BCUT2D eigenvalue weighted by molar-refractivity contribution is 5.66. The zero-order chi connectivity index (χ0) is 14.0. The monoisotopic (exact) mass is 265 g/mol. The third kappa shape index (κ3) is 3.33. The van der Waals surface area contributed by atoms with Crippen molar-refractivity contribution in [1.82, 2.24) is 15.0 Å². The molecule has 0 saturated carbocycles. The lowest BCUT2D eigenvalue weighted by molar-refractivity contribution is -0.137. The third-order valence-electron chi connectivity index (χ3n) is 4.07. The van der Waals surface area contributed by atoms with Gasteiger partial charge in [0.05, 0.1) is 11.4 Å². The van der Waals surface area contributed by atoms with Crippen LogP contribution in [0.5, 0.6) is 0 Å². The van der Waals surface area contributed by atoms with E-state index in [1.807, 2.05) is 4.68 Å². The van der Waals surface area contributed by atoms with Gasteiger partial charge in [0.1, 0.15) is 0 Å². The number of carboxylic acids is 1. The summed E-state index contributed by atoms with van der Waals surface area (Å²) in [7, 11) is 0. The summed E-state index contributed by atoms with van der Waals surface area (Å²) >= 11 is 0. The van der Waals surface area contributed by atoms with E-state index in [2.05, 4.69) is 31.1 Å². The molecule has 1 aliphatic carbocycles. The molecule has 0 fully saturated rings. The van der Waals surface area contributed by atoms with Crippen molar-refractivity contribution in [1.29, 1.82) is 0 Å². The zero-order valence-electron chi connectivity index (χ0n) is 12.0. The standard InChI is InChI=1S/C14H23N3O2/c1-14(2,3)10-6-7-12-11(9-10)15-16-17(12)8-4-5-13(18)19/h10H,4-9H2,1-3H3,(H,18,19). The van der Waals surface area contributed by atoms with Crippen molar-refractivity contribution in [3.8, 4) is 0 Å². The molecule has 1 unspecified atom stereocenters. The number of aryl methyl sites for hydroxylation is 1. The van der Waals surface area contributed by atoms with Gasteiger partial charge in [0, 0.05) is 13.0 Å². The highest BCUT2D eigenvalue weighted by Crippen LogP contribution is 2.36. The van der Waals surface area contributed by atoms with Crippen LogP contribution in [-0.4, -0.2) is 26.1 Å². The van der Waals surface area contributed by atoms with Crippen LogP contribution in [0.25, 0.3) is 0 Å². The van der Waals surface area contributed by atoms with Gasteiger partial charge in [-0.15, -0.1) is 5.10 Å². The Hall–Kier alpha value is -1.39. The average Bonchev–Trinajstić information content (AvgIpc) is 2.70. The Morgan fingerprint density at radius 1 is 1.47 bits per heavy atom. The van der Waals surface area contributed by atoms with Crippen LogP contribution in [0.15, 0.2) is 0 Å². The molecular weight excluding hydrogens is 242 g/mol. The normalized spacial score (nSPS) is 19.2. The summed E-state index contributed by atoms with van der Waals surface area (Å²) in [5, 5.41) is 17.1. The minimum atomic E-state index is -0.748. The number of carbonyl (C=O) groups is 1. The van der Waals surface area contributed by atoms with Crippen LogP contribution in [0.4, 0.5) is 0 Å². The van der Waals surface area contributed by atoms with Gasteiger partial charge in [-0.2, -0.15) is 0 Å². The highest BCUT2D eigenvalue weighted by atomic mass is 16.4. The van der Waals surface area contributed by atoms with Crippen molar-refractivity contribution in [2.45, 2.75) is 59.4 Å². The van der Waals surface area contributed by atoms with Crippen LogP contribution in [0.3, 0.4) is 0 Å². The Morgan fingerprint density at radius 2 is 2.21 bits per heavy atom. The second-order valence-electron chi connectivity index (χ2n) is 6.51. The molecule has 0 spiro atoms. The lowest BCUT2D eigenvalue weighted by Gasteiger charge is -2.33. The molecule has 1 aromatic heterocycles. The van der Waals surface area contributed by atoms with Crippen molar-refractivity contribution in [3.05, 3.63) is 11.4 Å². The summed E-state index contributed by atoms with van der Waals surface area (Å²) in [6.07, 6.45) is 3.99. The summed E-state index contributed by atoms with van der Waals surface area (Å²) in [6, 6.07) is 0. The quantitative estimate of drug-likeness (QED) is 0.907. The van der Waals surface area contributed by atoms with Gasteiger partial charge in [0.25, 0.3) is 0 Å². The number of hydrogen-bond donors (Lipinski definition) is 1. The predicted octanol–water partition coefficient (Wildman–Crippen LogP) is 2.29.